The third kappa shape index (κ3) is 4.81. The number of nitrogens with zero attached hydrogens (tertiary/aromatic N) is 6. The molecule has 0 amide bonds. The summed E-state index contributed by atoms with van der Waals surface area (Å²) in [4.78, 5) is 2.34. The normalized spacial score (nSPS) is 16.3. The SMILES string of the molecule is CCCCCc1ccc(-c2cn(-c3ccc4n3[B]N3C(=C4c4ccc(N)cc4)C=CC3=[N+]3CCCCC3)nn2)cc1. The van der Waals surface area contributed by atoms with Crippen molar-refractivity contribution < 1.29 is 4.58 Å². The molecule has 4 aromatic rings. The Kier molecular flexibility index (Phi) is 6.83. The molecule has 7 rings (SSSR count). The Labute approximate surface area is 242 Å². The van der Waals surface area contributed by atoms with Crippen LogP contribution in [-0.2, 0) is 6.42 Å². The van der Waals surface area contributed by atoms with Crippen LogP contribution in [0.5, 0.6) is 0 Å². The van der Waals surface area contributed by atoms with Crippen molar-refractivity contribution in [2.75, 3.05) is 18.8 Å². The van der Waals surface area contributed by atoms with E-state index in [2.05, 4.69) is 99.3 Å². The molecule has 8 heteroatoms. The minimum atomic E-state index is 0.765. The van der Waals surface area contributed by atoms with Crippen LogP contribution in [0, 0.1) is 0 Å². The van der Waals surface area contributed by atoms with E-state index in [-0.39, 0.29) is 0 Å². The number of hydrogen-bond donors (Lipinski definition) is 1. The maximum absolute atomic E-state index is 6.06. The zero-order valence-corrected chi connectivity index (χ0v) is 23.7. The molecule has 3 aliphatic heterocycles. The number of benzene rings is 2. The zero-order chi connectivity index (χ0) is 27.8. The molecule has 1 saturated heterocycles. The second-order valence-corrected chi connectivity index (χ2v) is 11.3. The van der Waals surface area contributed by atoms with Gasteiger partial charge in [-0.05, 0) is 73.6 Å². The quantitative estimate of drug-likeness (QED) is 0.142. The first kappa shape index (κ1) is 25.6. The highest BCUT2D eigenvalue weighted by atomic mass is 15.5. The van der Waals surface area contributed by atoms with Crippen molar-refractivity contribution in [1.82, 2.24) is 24.3 Å². The van der Waals surface area contributed by atoms with Gasteiger partial charge in [0, 0.05) is 28.6 Å². The predicted molar refractivity (Wildman–Crippen MR) is 166 cm³/mol. The summed E-state index contributed by atoms with van der Waals surface area (Å²) in [5.74, 6) is 2.18. The molecule has 0 spiro atoms. The Morgan fingerprint density at radius 3 is 2.44 bits per heavy atom. The molecule has 1 radical (unpaired) electrons. The summed E-state index contributed by atoms with van der Waals surface area (Å²) >= 11 is 0. The van der Waals surface area contributed by atoms with Crippen molar-refractivity contribution in [3.8, 4) is 17.1 Å². The number of aryl methyl sites for hydroxylation is 1. The van der Waals surface area contributed by atoms with Crippen molar-refractivity contribution in [2.45, 2.75) is 51.9 Å². The molecule has 7 nitrogen and oxygen atoms in total. The summed E-state index contributed by atoms with van der Waals surface area (Å²) in [6, 6.07) is 21.3. The van der Waals surface area contributed by atoms with Gasteiger partial charge in [-0.1, -0.05) is 61.4 Å². The molecular weight excluding hydrogens is 505 g/mol. The lowest BCUT2D eigenvalue weighted by Gasteiger charge is -2.27. The van der Waals surface area contributed by atoms with Gasteiger partial charge in [0.2, 0.25) is 0 Å². The van der Waals surface area contributed by atoms with E-state index in [1.807, 2.05) is 23.0 Å². The van der Waals surface area contributed by atoms with E-state index in [0.29, 0.717) is 0 Å². The van der Waals surface area contributed by atoms with Crippen LogP contribution in [0.1, 0.15) is 62.3 Å². The van der Waals surface area contributed by atoms with Crippen LogP contribution in [0.4, 0.5) is 5.69 Å². The number of fused-ring (bicyclic) bond motifs is 2. The van der Waals surface area contributed by atoms with Crippen LogP contribution in [0.3, 0.4) is 0 Å². The van der Waals surface area contributed by atoms with Gasteiger partial charge in [0.15, 0.2) is 0 Å². The molecule has 1 fully saturated rings. The third-order valence-corrected chi connectivity index (χ3v) is 8.46. The van der Waals surface area contributed by atoms with Crippen LogP contribution in [0.2, 0.25) is 0 Å². The molecule has 0 unspecified atom stereocenters. The topological polar surface area (TPSA) is 67.9 Å². The molecule has 0 bridgehead atoms. The van der Waals surface area contributed by atoms with Crippen molar-refractivity contribution in [1.29, 1.82) is 0 Å². The van der Waals surface area contributed by atoms with E-state index < -0.39 is 0 Å². The lowest BCUT2D eigenvalue weighted by molar-refractivity contribution is -0.539. The Hall–Kier alpha value is -4.33. The van der Waals surface area contributed by atoms with Crippen molar-refractivity contribution in [3.63, 3.8) is 0 Å². The number of aromatic nitrogens is 4. The summed E-state index contributed by atoms with van der Waals surface area (Å²) in [7, 11) is 2.21. The molecule has 41 heavy (non-hydrogen) atoms. The number of piperidine rings is 1. The van der Waals surface area contributed by atoms with Crippen LogP contribution < -0.4 is 5.73 Å². The van der Waals surface area contributed by atoms with Gasteiger partial charge in [-0.2, -0.15) is 0 Å². The number of allylic oxidation sites excluding steroid dienone is 1. The summed E-state index contributed by atoms with van der Waals surface area (Å²) in [5.41, 5.74) is 14.8. The Morgan fingerprint density at radius 1 is 0.878 bits per heavy atom. The Bertz CT molecular complexity index is 1650. The molecule has 2 aromatic carbocycles. The first-order valence-electron chi connectivity index (χ1n) is 15.0. The summed E-state index contributed by atoms with van der Waals surface area (Å²) < 4.78 is 6.64. The van der Waals surface area contributed by atoms with Crippen molar-refractivity contribution in [2.24, 2.45) is 0 Å². The summed E-state index contributed by atoms with van der Waals surface area (Å²) in [6.07, 6.45) is 15.2. The first-order valence-corrected chi connectivity index (χ1v) is 15.0. The smallest absolute Gasteiger partial charge is 0.399 e. The second kappa shape index (κ2) is 10.9. The monoisotopic (exact) mass is 541 g/mol. The Morgan fingerprint density at radius 2 is 1.66 bits per heavy atom. The predicted octanol–water partition coefficient (Wildman–Crippen LogP) is 5.67. The highest BCUT2D eigenvalue weighted by Gasteiger charge is 2.40. The summed E-state index contributed by atoms with van der Waals surface area (Å²) in [5, 5.41) is 9.13. The standard InChI is InChI=1S/C33H35BN7/c1-2-3-5-8-24-9-11-25(12-10-24)28-23-39(37-36-28)32-20-18-30-33(26-13-15-27(35)16-14-26)29-17-19-31(40(29)34-41(30)32)38-21-6-4-7-22-38/h9-20,23,35H,2-8,21-22H2,1H3/p+1. The van der Waals surface area contributed by atoms with Gasteiger partial charge < -0.3 is 10.2 Å². The second-order valence-electron chi connectivity index (χ2n) is 11.3. The fraction of sp³-hybridized carbons (Fsp3) is 0.303. The van der Waals surface area contributed by atoms with Crippen LogP contribution in [0.25, 0.3) is 22.6 Å². The van der Waals surface area contributed by atoms with E-state index in [1.54, 1.807) is 0 Å². The average Bonchev–Trinajstić information content (AvgIpc) is 3.76. The average molecular weight is 542 g/mol. The fourth-order valence-electron chi connectivity index (χ4n) is 6.21. The van der Waals surface area contributed by atoms with E-state index in [0.717, 1.165) is 53.5 Å². The fourth-order valence-corrected chi connectivity index (χ4v) is 6.21. The zero-order valence-electron chi connectivity index (χ0n) is 23.7. The molecule has 5 heterocycles. The molecule has 205 valence electrons. The van der Waals surface area contributed by atoms with Gasteiger partial charge in [0.05, 0.1) is 19.3 Å². The van der Waals surface area contributed by atoms with E-state index >= 15 is 0 Å². The van der Waals surface area contributed by atoms with Gasteiger partial charge in [0.1, 0.15) is 17.2 Å². The van der Waals surface area contributed by atoms with Crippen molar-refractivity contribution >= 4 is 24.6 Å². The van der Waals surface area contributed by atoms with Gasteiger partial charge in [-0.3, -0.25) is 9.39 Å². The largest absolute Gasteiger partial charge is 0.553 e. The number of anilines is 1. The van der Waals surface area contributed by atoms with Gasteiger partial charge >= 0.3 is 7.55 Å². The first-order chi connectivity index (χ1) is 20.2. The van der Waals surface area contributed by atoms with Crippen LogP contribution >= 0.6 is 0 Å². The third-order valence-electron chi connectivity index (χ3n) is 8.46. The molecule has 0 saturated carbocycles. The van der Waals surface area contributed by atoms with E-state index in [1.165, 1.54) is 61.2 Å². The minimum absolute atomic E-state index is 0.765. The van der Waals surface area contributed by atoms with Crippen LogP contribution in [-0.4, -0.2) is 55.3 Å². The molecule has 0 atom stereocenters. The number of rotatable bonds is 7. The molecule has 0 aliphatic carbocycles. The maximum Gasteiger partial charge on any atom is 0.553 e. The molecule has 2 aromatic heterocycles. The lowest BCUT2D eigenvalue weighted by Crippen LogP contribution is -2.43. The molecule has 2 N–H and O–H groups in total. The van der Waals surface area contributed by atoms with Crippen molar-refractivity contribution in [3.05, 3.63) is 102 Å². The number of amidine groups is 1. The lowest BCUT2D eigenvalue weighted by atomic mass is 9.91. The highest BCUT2D eigenvalue weighted by Crippen LogP contribution is 2.37. The Balaban J connectivity index is 1.25. The number of hydrogen-bond acceptors (Lipinski definition) is 3. The van der Waals surface area contributed by atoms with E-state index in [4.69, 9.17) is 5.73 Å². The number of nitrogens with two attached hydrogens (primary N) is 1. The van der Waals surface area contributed by atoms with Gasteiger partial charge in [-0.25, -0.2) is 4.68 Å². The van der Waals surface area contributed by atoms with E-state index in [9.17, 15) is 0 Å². The maximum atomic E-state index is 6.06. The summed E-state index contributed by atoms with van der Waals surface area (Å²) in [6.45, 7) is 4.42. The number of nitrogen functional groups attached to an aromatic ring is 1. The highest BCUT2D eigenvalue weighted by molar-refractivity contribution is 6.40. The molecular formula is C33H36BN7+. The van der Waals surface area contributed by atoms with Gasteiger partial charge in [0.25, 0.3) is 5.84 Å². The van der Waals surface area contributed by atoms with Gasteiger partial charge in [-0.15, -0.1) is 5.10 Å². The minimum Gasteiger partial charge on any atom is -0.399 e. The number of unbranched alkanes of at least 4 members (excludes halogenated alkanes) is 2. The molecule has 3 aliphatic rings. The van der Waals surface area contributed by atoms with Crippen LogP contribution in [0.15, 0.2) is 84.7 Å².